The van der Waals surface area contributed by atoms with Crippen LogP contribution >= 0.6 is 0 Å². The summed E-state index contributed by atoms with van der Waals surface area (Å²) in [6.07, 6.45) is 0.262. The predicted molar refractivity (Wildman–Crippen MR) is 38.5 cm³/mol. The van der Waals surface area contributed by atoms with Crippen molar-refractivity contribution in [1.82, 2.24) is 0 Å². The number of hydrogen-bond donors (Lipinski definition) is 2. The summed E-state index contributed by atoms with van der Waals surface area (Å²) in [6.45, 7) is 0. The molecule has 6 heteroatoms. The zero-order valence-corrected chi connectivity index (χ0v) is 4.00. The van der Waals surface area contributed by atoms with Gasteiger partial charge in [0.25, 0.3) is 0 Å². The summed E-state index contributed by atoms with van der Waals surface area (Å²) < 4.78 is 0. The van der Waals surface area contributed by atoms with Gasteiger partial charge in [0.15, 0.2) is 0 Å². The Labute approximate surface area is 103 Å². The fourth-order valence-electron chi connectivity index (χ4n) is 0.175. The van der Waals surface area contributed by atoms with E-state index in [4.69, 9.17) is 10.2 Å². The molecule has 0 saturated carbocycles. The zero-order chi connectivity index (χ0) is 6.57. The summed E-state index contributed by atoms with van der Waals surface area (Å²) in [5.41, 5.74) is 0. The van der Waals surface area contributed by atoms with Crippen LogP contribution in [0, 0.1) is 6.42 Å². The van der Waals surface area contributed by atoms with Gasteiger partial charge in [0.2, 0.25) is 0 Å². The SMILES string of the molecule is O=C(O)[CH]CC(=O)O.[NaH].[NaH]. The van der Waals surface area contributed by atoms with Crippen molar-refractivity contribution in [1.29, 1.82) is 0 Å². The van der Waals surface area contributed by atoms with E-state index in [1.807, 2.05) is 0 Å². The van der Waals surface area contributed by atoms with E-state index in [1.54, 1.807) is 0 Å². The Morgan fingerprint density at radius 2 is 1.60 bits per heavy atom. The van der Waals surface area contributed by atoms with Crippen LogP contribution in [-0.2, 0) is 9.59 Å². The summed E-state index contributed by atoms with van der Waals surface area (Å²) in [4.78, 5) is 19.2. The molecule has 1 radical (unpaired) electrons. The molecule has 0 fully saturated rings. The molecule has 0 amide bonds. The number of rotatable bonds is 3. The van der Waals surface area contributed by atoms with Gasteiger partial charge in [-0.25, -0.2) is 0 Å². The van der Waals surface area contributed by atoms with Crippen LogP contribution in [0.2, 0.25) is 0 Å². The Bertz CT molecular complexity index is 99.8. The second kappa shape index (κ2) is 9.94. The molecular weight excluding hydrogens is 158 g/mol. The second-order valence-corrected chi connectivity index (χ2v) is 1.14. The molecule has 0 saturated heterocycles. The van der Waals surface area contributed by atoms with Crippen LogP contribution in [0.3, 0.4) is 0 Å². The van der Waals surface area contributed by atoms with Gasteiger partial charge in [-0.15, -0.1) is 0 Å². The molecule has 0 rings (SSSR count). The van der Waals surface area contributed by atoms with Crippen molar-refractivity contribution < 1.29 is 19.8 Å². The van der Waals surface area contributed by atoms with Crippen LogP contribution in [0.15, 0.2) is 0 Å². The van der Waals surface area contributed by atoms with Crippen LogP contribution < -0.4 is 0 Å². The van der Waals surface area contributed by atoms with Gasteiger partial charge in [-0.1, -0.05) is 0 Å². The molecule has 4 nitrogen and oxygen atoms in total. The van der Waals surface area contributed by atoms with Gasteiger partial charge in [0.1, 0.15) is 0 Å². The minimum absolute atomic E-state index is 0. The number of carbonyl (C=O) groups is 2. The van der Waals surface area contributed by atoms with Crippen molar-refractivity contribution in [3.63, 3.8) is 0 Å². The van der Waals surface area contributed by atoms with E-state index in [9.17, 15) is 9.59 Å². The third-order valence-corrected chi connectivity index (χ3v) is 0.451. The Morgan fingerprint density at radius 3 is 1.70 bits per heavy atom. The average Bonchev–Trinajstić information content (AvgIpc) is 1.61. The van der Waals surface area contributed by atoms with E-state index in [0.29, 0.717) is 6.42 Å². The van der Waals surface area contributed by atoms with Crippen molar-refractivity contribution >= 4 is 71.1 Å². The molecule has 0 aromatic carbocycles. The summed E-state index contributed by atoms with van der Waals surface area (Å²) in [5, 5.41) is 15.7. The van der Waals surface area contributed by atoms with E-state index in [0.717, 1.165) is 0 Å². The van der Waals surface area contributed by atoms with E-state index in [-0.39, 0.29) is 59.1 Å². The van der Waals surface area contributed by atoms with Gasteiger partial charge in [0.05, 0.1) is 12.8 Å². The Hall–Kier alpha value is 0.940. The normalized spacial score (nSPS) is 6.80. The molecule has 0 aliphatic carbocycles. The molecule has 0 atom stereocenters. The third-order valence-electron chi connectivity index (χ3n) is 0.451. The first-order valence-corrected chi connectivity index (χ1v) is 1.91. The predicted octanol–water partition coefficient (Wildman–Crippen LogP) is -1.55. The molecule has 2 N–H and O–H groups in total. The molecule has 0 heterocycles. The topological polar surface area (TPSA) is 74.6 Å². The maximum absolute atomic E-state index is 9.61. The summed E-state index contributed by atoms with van der Waals surface area (Å²) in [7, 11) is 0. The number of hydrogen-bond acceptors (Lipinski definition) is 2. The monoisotopic (exact) mass is 165 g/mol. The fraction of sp³-hybridized carbons (Fsp3) is 0.250. The summed E-state index contributed by atoms with van der Waals surface area (Å²) in [5.74, 6) is -2.33. The molecule has 0 aromatic rings. The maximum atomic E-state index is 9.61. The molecular formula is C4H7Na2O4. The Kier molecular flexibility index (Phi) is 17.0. The molecule has 49 valence electrons. The van der Waals surface area contributed by atoms with Gasteiger partial charge in [-0.05, 0) is 0 Å². The summed E-state index contributed by atoms with van der Waals surface area (Å²) in [6, 6.07) is 0. The van der Waals surface area contributed by atoms with Crippen LogP contribution in [-0.4, -0.2) is 81.3 Å². The van der Waals surface area contributed by atoms with Crippen LogP contribution in [0.1, 0.15) is 6.42 Å². The molecule has 0 aliphatic heterocycles. The van der Waals surface area contributed by atoms with E-state index in [1.165, 1.54) is 0 Å². The Balaban J connectivity index is -0.000000245. The van der Waals surface area contributed by atoms with Crippen molar-refractivity contribution in [2.24, 2.45) is 0 Å². The first-order chi connectivity index (χ1) is 3.63. The molecule has 10 heavy (non-hydrogen) atoms. The van der Waals surface area contributed by atoms with Gasteiger partial charge < -0.3 is 10.2 Å². The van der Waals surface area contributed by atoms with Gasteiger partial charge in [-0.2, -0.15) is 0 Å². The van der Waals surface area contributed by atoms with E-state index >= 15 is 0 Å². The van der Waals surface area contributed by atoms with Crippen molar-refractivity contribution in [2.75, 3.05) is 0 Å². The van der Waals surface area contributed by atoms with Crippen LogP contribution in [0.25, 0.3) is 0 Å². The second-order valence-electron chi connectivity index (χ2n) is 1.14. The quantitative estimate of drug-likeness (QED) is 0.496. The molecule has 0 spiro atoms. The van der Waals surface area contributed by atoms with Crippen LogP contribution in [0.4, 0.5) is 0 Å². The summed E-state index contributed by atoms with van der Waals surface area (Å²) >= 11 is 0. The van der Waals surface area contributed by atoms with Crippen molar-refractivity contribution in [3.05, 3.63) is 6.42 Å². The fourth-order valence-corrected chi connectivity index (χ4v) is 0.175. The van der Waals surface area contributed by atoms with E-state index in [2.05, 4.69) is 0 Å². The molecule has 0 unspecified atom stereocenters. The van der Waals surface area contributed by atoms with E-state index < -0.39 is 18.4 Å². The average molecular weight is 165 g/mol. The first kappa shape index (κ1) is 17.1. The standard InChI is InChI=1S/C4H5O4.2Na.2H/c5-3(6)1-2-4(7)8;;;;/h1H,2H2,(H,5,6)(H,7,8);;;;. The molecule has 0 bridgehead atoms. The number of aliphatic carboxylic acids is 2. The minimum atomic E-state index is -1.20. The number of carboxylic acid groups (broad SMARTS) is 2. The van der Waals surface area contributed by atoms with Crippen molar-refractivity contribution in [3.8, 4) is 0 Å². The van der Waals surface area contributed by atoms with Crippen molar-refractivity contribution in [2.45, 2.75) is 6.42 Å². The van der Waals surface area contributed by atoms with Gasteiger partial charge in [0, 0.05) is 0 Å². The first-order valence-electron chi connectivity index (χ1n) is 1.91. The van der Waals surface area contributed by atoms with Gasteiger partial charge in [-0.3, -0.25) is 9.59 Å². The molecule has 0 aliphatic rings. The van der Waals surface area contributed by atoms with Gasteiger partial charge >= 0.3 is 71.1 Å². The van der Waals surface area contributed by atoms with Crippen LogP contribution in [0.5, 0.6) is 0 Å². The Morgan fingerprint density at radius 1 is 1.20 bits per heavy atom. The molecule has 0 aromatic heterocycles. The third kappa shape index (κ3) is 16.0. The number of carboxylic acids is 2. The zero-order valence-electron chi connectivity index (χ0n) is 4.00.